The molecule has 90 valence electrons. The van der Waals surface area contributed by atoms with E-state index >= 15 is 0 Å². The minimum Gasteiger partial charge on any atom is -0.497 e. The smallest absolute Gasteiger partial charge is 0.311 e. The van der Waals surface area contributed by atoms with E-state index in [1.165, 1.54) is 0 Å². The second-order valence-corrected chi connectivity index (χ2v) is 3.83. The lowest BCUT2D eigenvalue weighted by molar-refractivity contribution is -0.144. The van der Waals surface area contributed by atoms with Crippen LogP contribution in [0.4, 0.5) is 0 Å². The quantitative estimate of drug-likeness (QED) is 0.803. The predicted molar refractivity (Wildman–Crippen MR) is 57.6 cm³/mol. The zero-order valence-corrected chi connectivity index (χ0v) is 9.25. The van der Waals surface area contributed by atoms with Gasteiger partial charge in [-0.2, -0.15) is 0 Å². The maximum Gasteiger partial charge on any atom is 0.311 e. The molecule has 0 bridgehead atoms. The summed E-state index contributed by atoms with van der Waals surface area (Å²) in [5, 5.41) is 9.01. The first-order chi connectivity index (χ1) is 8.11. The summed E-state index contributed by atoms with van der Waals surface area (Å²) < 4.78 is 10.0. The van der Waals surface area contributed by atoms with E-state index in [2.05, 4.69) is 0 Å². The maximum atomic E-state index is 11.2. The molecule has 2 rings (SSSR count). The average molecular weight is 236 g/mol. The van der Waals surface area contributed by atoms with Gasteiger partial charge in [0.2, 0.25) is 0 Å². The SMILES string of the molecule is COc1ccc([C@H]2OC(=O)C[C@H]2C(=O)O)cc1. The Bertz CT molecular complexity index is 437. The largest absolute Gasteiger partial charge is 0.497 e. The Morgan fingerprint density at radius 3 is 2.59 bits per heavy atom. The van der Waals surface area contributed by atoms with Crippen LogP contribution in [-0.2, 0) is 14.3 Å². The van der Waals surface area contributed by atoms with Gasteiger partial charge in [-0.25, -0.2) is 0 Å². The van der Waals surface area contributed by atoms with Crippen molar-refractivity contribution in [3.05, 3.63) is 29.8 Å². The fourth-order valence-electron chi connectivity index (χ4n) is 1.87. The van der Waals surface area contributed by atoms with Crippen LogP contribution in [0.3, 0.4) is 0 Å². The summed E-state index contributed by atoms with van der Waals surface area (Å²) in [5.41, 5.74) is 0.670. The zero-order chi connectivity index (χ0) is 12.4. The van der Waals surface area contributed by atoms with E-state index in [1.807, 2.05) is 0 Å². The summed E-state index contributed by atoms with van der Waals surface area (Å²) in [6, 6.07) is 6.83. The molecular formula is C12H12O5. The van der Waals surface area contributed by atoms with E-state index in [-0.39, 0.29) is 6.42 Å². The lowest BCUT2D eigenvalue weighted by atomic mass is 9.95. The predicted octanol–water partition coefficient (Wildman–Crippen LogP) is 1.38. The molecule has 0 unspecified atom stereocenters. The van der Waals surface area contributed by atoms with Crippen molar-refractivity contribution in [1.82, 2.24) is 0 Å². The number of ether oxygens (including phenoxy) is 2. The highest BCUT2D eigenvalue weighted by molar-refractivity contribution is 5.82. The van der Waals surface area contributed by atoms with E-state index < -0.39 is 24.0 Å². The van der Waals surface area contributed by atoms with Crippen LogP contribution in [0.2, 0.25) is 0 Å². The molecule has 0 aromatic heterocycles. The number of carboxylic acids is 1. The van der Waals surface area contributed by atoms with Crippen LogP contribution < -0.4 is 4.74 Å². The third-order valence-electron chi connectivity index (χ3n) is 2.77. The van der Waals surface area contributed by atoms with Crippen molar-refractivity contribution in [3.63, 3.8) is 0 Å². The van der Waals surface area contributed by atoms with Crippen molar-refractivity contribution in [1.29, 1.82) is 0 Å². The summed E-state index contributed by atoms with van der Waals surface area (Å²) in [5.74, 6) is -1.63. The fourth-order valence-corrected chi connectivity index (χ4v) is 1.87. The number of hydrogen-bond acceptors (Lipinski definition) is 4. The number of cyclic esters (lactones) is 1. The van der Waals surface area contributed by atoms with Crippen LogP contribution in [0.15, 0.2) is 24.3 Å². The second kappa shape index (κ2) is 4.45. The van der Waals surface area contributed by atoms with Gasteiger partial charge in [0.15, 0.2) is 0 Å². The third-order valence-corrected chi connectivity index (χ3v) is 2.77. The molecule has 1 saturated heterocycles. The minimum absolute atomic E-state index is 0.0774. The molecule has 0 saturated carbocycles. The summed E-state index contributed by atoms with van der Waals surface area (Å²) >= 11 is 0. The normalized spacial score (nSPS) is 23.2. The average Bonchev–Trinajstić information content (AvgIpc) is 2.72. The summed E-state index contributed by atoms with van der Waals surface area (Å²) in [4.78, 5) is 22.2. The van der Waals surface area contributed by atoms with Crippen molar-refractivity contribution >= 4 is 11.9 Å². The van der Waals surface area contributed by atoms with Gasteiger partial charge < -0.3 is 14.6 Å². The molecule has 17 heavy (non-hydrogen) atoms. The molecule has 1 aliphatic rings. The number of carbonyl (C=O) groups is 2. The van der Waals surface area contributed by atoms with Crippen LogP contribution in [0.5, 0.6) is 5.75 Å². The number of hydrogen-bond donors (Lipinski definition) is 1. The van der Waals surface area contributed by atoms with Gasteiger partial charge in [-0.1, -0.05) is 12.1 Å². The van der Waals surface area contributed by atoms with Crippen LogP contribution >= 0.6 is 0 Å². The van der Waals surface area contributed by atoms with E-state index in [4.69, 9.17) is 14.6 Å². The molecule has 5 heteroatoms. The first kappa shape index (κ1) is 11.4. The van der Waals surface area contributed by atoms with Gasteiger partial charge in [-0.15, -0.1) is 0 Å². The molecule has 2 atom stereocenters. The molecule has 1 aliphatic heterocycles. The Balaban J connectivity index is 2.25. The number of aliphatic carboxylic acids is 1. The number of benzene rings is 1. The first-order valence-corrected chi connectivity index (χ1v) is 5.18. The summed E-state index contributed by atoms with van der Waals surface area (Å²) in [6.45, 7) is 0. The first-order valence-electron chi connectivity index (χ1n) is 5.18. The highest BCUT2D eigenvalue weighted by atomic mass is 16.6. The number of carbonyl (C=O) groups excluding carboxylic acids is 1. The minimum atomic E-state index is -1.02. The van der Waals surface area contributed by atoms with Crippen molar-refractivity contribution in [2.24, 2.45) is 5.92 Å². The molecule has 0 spiro atoms. The molecule has 1 aromatic carbocycles. The van der Waals surface area contributed by atoms with Gasteiger partial charge in [0.25, 0.3) is 0 Å². The topological polar surface area (TPSA) is 72.8 Å². The van der Waals surface area contributed by atoms with E-state index in [0.717, 1.165) is 0 Å². The highest BCUT2D eigenvalue weighted by Gasteiger charge is 2.40. The van der Waals surface area contributed by atoms with Crippen molar-refractivity contribution in [2.75, 3.05) is 7.11 Å². The van der Waals surface area contributed by atoms with E-state index in [0.29, 0.717) is 11.3 Å². The second-order valence-electron chi connectivity index (χ2n) is 3.83. The van der Waals surface area contributed by atoms with Gasteiger partial charge in [-0.3, -0.25) is 9.59 Å². The number of methoxy groups -OCH3 is 1. The molecule has 1 fully saturated rings. The van der Waals surface area contributed by atoms with Crippen molar-refractivity contribution < 1.29 is 24.2 Å². The van der Waals surface area contributed by atoms with Crippen LogP contribution in [0.25, 0.3) is 0 Å². The molecule has 1 aromatic rings. The van der Waals surface area contributed by atoms with Gasteiger partial charge >= 0.3 is 11.9 Å². The van der Waals surface area contributed by atoms with Crippen LogP contribution in [0, 0.1) is 5.92 Å². The molecule has 1 heterocycles. The van der Waals surface area contributed by atoms with E-state index in [9.17, 15) is 9.59 Å². The van der Waals surface area contributed by atoms with Crippen molar-refractivity contribution in [2.45, 2.75) is 12.5 Å². The van der Waals surface area contributed by atoms with Gasteiger partial charge in [0.1, 0.15) is 17.8 Å². The monoisotopic (exact) mass is 236 g/mol. The Labute approximate surface area is 98.0 Å². The van der Waals surface area contributed by atoms with Gasteiger partial charge in [0.05, 0.1) is 13.5 Å². The lowest BCUT2D eigenvalue weighted by Gasteiger charge is -2.14. The molecular weight excluding hydrogens is 224 g/mol. The van der Waals surface area contributed by atoms with Crippen molar-refractivity contribution in [3.8, 4) is 5.75 Å². The zero-order valence-electron chi connectivity index (χ0n) is 9.25. The number of esters is 1. The molecule has 1 N–H and O–H groups in total. The maximum absolute atomic E-state index is 11.2. The highest BCUT2D eigenvalue weighted by Crippen LogP contribution is 2.35. The Kier molecular flexibility index (Phi) is 2.99. The van der Waals surface area contributed by atoms with Crippen LogP contribution in [0.1, 0.15) is 18.1 Å². The Morgan fingerprint density at radius 1 is 1.41 bits per heavy atom. The summed E-state index contributed by atoms with van der Waals surface area (Å²) in [7, 11) is 1.55. The van der Waals surface area contributed by atoms with Crippen LogP contribution in [-0.4, -0.2) is 24.2 Å². The molecule has 5 nitrogen and oxygen atoms in total. The molecule has 0 amide bonds. The Hall–Kier alpha value is -2.04. The number of carboxylic acid groups (broad SMARTS) is 1. The molecule has 0 aliphatic carbocycles. The van der Waals surface area contributed by atoms with Gasteiger partial charge in [0, 0.05) is 0 Å². The Morgan fingerprint density at radius 2 is 2.06 bits per heavy atom. The molecule has 0 radical (unpaired) electrons. The van der Waals surface area contributed by atoms with E-state index in [1.54, 1.807) is 31.4 Å². The van der Waals surface area contributed by atoms with Gasteiger partial charge in [-0.05, 0) is 17.7 Å². The summed E-state index contributed by atoms with van der Waals surface area (Å²) in [6.07, 6.45) is -0.780. The fraction of sp³-hybridized carbons (Fsp3) is 0.333. The number of rotatable bonds is 3. The lowest BCUT2D eigenvalue weighted by Crippen LogP contribution is -2.17. The standard InChI is InChI=1S/C12H12O5/c1-16-8-4-2-7(3-5-8)11-9(12(14)15)6-10(13)17-11/h2-5,9,11H,6H2,1H3,(H,14,15)/t9-,11-/m1/s1. The third kappa shape index (κ3) is 2.22.